The van der Waals surface area contributed by atoms with E-state index in [0.29, 0.717) is 0 Å². The van der Waals surface area contributed by atoms with Crippen molar-refractivity contribution < 1.29 is 9.18 Å². The number of pyridine rings is 1. The number of carbonyl (C=O) groups is 1. The molecule has 2 aromatic rings. The molecule has 100 valence electrons. The third-order valence-electron chi connectivity index (χ3n) is 2.42. The van der Waals surface area contributed by atoms with Gasteiger partial charge in [-0.1, -0.05) is 23.2 Å². The fraction of sp³-hybridized carbons (Fsp3) is 0. The van der Waals surface area contributed by atoms with Crippen molar-refractivity contribution in [2.24, 2.45) is 0 Å². The van der Waals surface area contributed by atoms with E-state index in [0.717, 1.165) is 6.20 Å². The lowest BCUT2D eigenvalue weighted by atomic mass is 10.1. The maximum absolute atomic E-state index is 13.4. The van der Waals surface area contributed by atoms with Gasteiger partial charge in [-0.05, 0) is 18.2 Å². The molecule has 1 amide bonds. The molecule has 0 unspecified atom stereocenters. The molecule has 20 heavy (non-hydrogen) atoms. The fourth-order valence-corrected chi connectivity index (χ4v) is 2.17. The molecule has 4 nitrogen and oxygen atoms in total. The van der Waals surface area contributed by atoms with E-state index < -0.39 is 11.7 Å². The molecule has 0 aliphatic carbocycles. The van der Waals surface area contributed by atoms with Gasteiger partial charge < -0.3 is 5.32 Å². The molecule has 7 heteroatoms. The van der Waals surface area contributed by atoms with Crippen LogP contribution in [-0.4, -0.2) is 10.9 Å². The Balaban J connectivity index is 2.36. The molecule has 0 fully saturated rings. The van der Waals surface area contributed by atoms with Gasteiger partial charge in [0.1, 0.15) is 0 Å². The average Bonchev–Trinajstić information content (AvgIpc) is 2.40. The molecule has 0 saturated heterocycles. The minimum absolute atomic E-state index is 0.0148. The van der Waals surface area contributed by atoms with Crippen LogP contribution < -0.4 is 5.32 Å². The van der Waals surface area contributed by atoms with E-state index in [4.69, 9.17) is 28.5 Å². The highest BCUT2D eigenvalue weighted by atomic mass is 35.5. The van der Waals surface area contributed by atoms with Gasteiger partial charge in [0.25, 0.3) is 5.91 Å². The van der Waals surface area contributed by atoms with Gasteiger partial charge in [-0.3, -0.25) is 9.78 Å². The zero-order valence-corrected chi connectivity index (χ0v) is 11.3. The minimum Gasteiger partial charge on any atom is -0.319 e. The first-order chi connectivity index (χ1) is 9.52. The lowest BCUT2D eigenvalue weighted by Gasteiger charge is -2.09. The third kappa shape index (κ3) is 2.87. The van der Waals surface area contributed by atoms with Crippen molar-refractivity contribution in [3.63, 3.8) is 0 Å². The number of carbonyl (C=O) groups excluding carboxylic acids is 1. The number of halogens is 3. The van der Waals surface area contributed by atoms with Gasteiger partial charge in [0.05, 0.1) is 39.1 Å². The summed E-state index contributed by atoms with van der Waals surface area (Å²) >= 11 is 11.8. The largest absolute Gasteiger partial charge is 0.319 e. The molecule has 1 aromatic carbocycles. The van der Waals surface area contributed by atoms with Crippen molar-refractivity contribution in [3.8, 4) is 6.07 Å². The number of nitrogens with zero attached hydrogens (tertiary/aromatic N) is 2. The first kappa shape index (κ1) is 14.3. The van der Waals surface area contributed by atoms with Crippen molar-refractivity contribution in [2.75, 3.05) is 5.32 Å². The molecular weight excluding hydrogens is 304 g/mol. The van der Waals surface area contributed by atoms with Crippen LogP contribution in [0.2, 0.25) is 10.0 Å². The molecule has 0 aliphatic rings. The maximum Gasteiger partial charge on any atom is 0.258 e. The third-order valence-corrected chi connectivity index (χ3v) is 3.02. The van der Waals surface area contributed by atoms with Crippen LogP contribution in [0.3, 0.4) is 0 Å². The lowest BCUT2D eigenvalue weighted by molar-refractivity contribution is 0.102. The predicted octanol–water partition coefficient (Wildman–Crippen LogP) is 3.65. The molecule has 1 heterocycles. The number of amides is 1. The summed E-state index contributed by atoms with van der Waals surface area (Å²) in [6, 6.07) is 5.79. The van der Waals surface area contributed by atoms with Gasteiger partial charge in [-0.15, -0.1) is 0 Å². The zero-order chi connectivity index (χ0) is 14.7. The quantitative estimate of drug-likeness (QED) is 0.920. The summed E-state index contributed by atoms with van der Waals surface area (Å²) in [6.45, 7) is 0. The topological polar surface area (TPSA) is 65.8 Å². The molecule has 1 aromatic heterocycles. The van der Waals surface area contributed by atoms with Crippen LogP contribution in [0, 0.1) is 17.1 Å². The average molecular weight is 310 g/mol. The molecule has 1 N–H and O–H groups in total. The van der Waals surface area contributed by atoms with Gasteiger partial charge in [-0.2, -0.15) is 5.26 Å². The maximum atomic E-state index is 13.4. The Bertz CT molecular complexity index is 705. The molecule has 0 atom stereocenters. The fourth-order valence-electron chi connectivity index (χ4n) is 1.52. The number of hydrogen-bond acceptors (Lipinski definition) is 3. The Morgan fingerprint density at radius 2 is 2.00 bits per heavy atom. The molecule has 0 bridgehead atoms. The predicted molar refractivity (Wildman–Crippen MR) is 73.3 cm³/mol. The first-order valence-electron chi connectivity index (χ1n) is 5.33. The molecule has 0 saturated carbocycles. The lowest BCUT2D eigenvalue weighted by Crippen LogP contribution is -2.14. The van der Waals surface area contributed by atoms with E-state index in [2.05, 4.69) is 10.3 Å². The van der Waals surface area contributed by atoms with Gasteiger partial charge in [-0.25, -0.2) is 4.39 Å². The number of rotatable bonds is 2. The normalized spacial score (nSPS) is 9.90. The molecule has 0 spiro atoms. The van der Waals surface area contributed by atoms with Crippen LogP contribution in [-0.2, 0) is 0 Å². The van der Waals surface area contributed by atoms with E-state index in [1.807, 2.05) is 6.07 Å². The Hall–Kier alpha value is -2.16. The Morgan fingerprint density at radius 1 is 1.35 bits per heavy atom. The highest BCUT2D eigenvalue weighted by Crippen LogP contribution is 2.27. The smallest absolute Gasteiger partial charge is 0.258 e. The second-order valence-electron chi connectivity index (χ2n) is 3.74. The summed E-state index contributed by atoms with van der Waals surface area (Å²) < 4.78 is 13.4. The van der Waals surface area contributed by atoms with E-state index >= 15 is 0 Å². The van der Waals surface area contributed by atoms with Gasteiger partial charge in [0.15, 0.2) is 5.82 Å². The second kappa shape index (κ2) is 5.87. The van der Waals surface area contributed by atoms with E-state index in [9.17, 15) is 9.18 Å². The number of anilines is 1. The molecule has 0 radical (unpaired) electrons. The van der Waals surface area contributed by atoms with Crippen molar-refractivity contribution in [1.82, 2.24) is 4.98 Å². The number of hydrogen-bond donors (Lipinski definition) is 1. The molecular formula is C13H6Cl2FN3O. The summed E-state index contributed by atoms with van der Waals surface area (Å²) in [7, 11) is 0. The summed E-state index contributed by atoms with van der Waals surface area (Å²) in [5.41, 5.74) is 0.164. The molecule has 0 aliphatic heterocycles. The summed E-state index contributed by atoms with van der Waals surface area (Å²) in [4.78, 5) is 15.6. The minimum atomic E-state index is -0.679. The van der Waals surface area contributed by atoms with Crippen molar-refractivity contribution in [3.05, 3.63) is 57.6 Å². The first-order valence-corrected chi connectivity index (χ1v) is 6.08. The van der Waals surface area contributed by atoms with Crippen LogP contribution in [0.4, 0.5) is 10.1 Å². The highest BCUT2D eigenvalue weighted by molar-refractivity contribution is 6.40. The van der Waals surface area contributed by atoms with Gasteiger partial charge >= 0.3 is 0 Å². The van der Waals surface area contributed by atoms with Crippen LogP contribution in [0.1, 0.15) is 15.9 Å². The summed E-state index contributed by atoms with van der Waals surface area (Å²) in [5, 5.41) is 11.1. The van der Waals surface area contributed by atoms with Crippen LogP contribution in [0.5, 0.6) is 0 Å². The second-order valence-corrected chi connectivity index (χ2v) is 4.55. The van der Waals surface area contributed by atoms with Crippen molar-refractivity contribution in [1.29, 1.82) is 5.26 Å². The SMILES string of the molecule is N#Cc1cc(Cl)c(C(=O)Nc2ccncc2F)c(Cl)c1. The zero-order valence-electron chi connectivity index (χ0n) is 9.82. The van der Waals surface area contributed by atoms with Crippen LogP contribution in [0.25, 0.3) is 0 Å². The van der Waals surface area contributed by atoms with Gasteiger partial charge in [0, 0.05) is 6.20 Å². The van der Waals surface area contributed by atoms with Gasteiger partial charge in [0.2, 0.25) is 0 Å². The van der Waals surface area contributed by atoms with Crippen LogP contribution in [0.15, 0.2) is 30.6 Å². The number of nitriles is 1. The van der Waals surface area contributed by atoms with E-state index in [-0.39, 0.29) is 26.9 Å². The Labute approximate surface area is 123 Å². The number of benzene rings is 1. The Kier molecular flexibility index (Phi) is 4.18. The van der Waals surface area contributed by atoms with E-state index in [1.54, 1.807) is 0 Å². The summed E-state index contributed by atoms with van der Waals surface area (Å²) in [5.74, 6) is -1.35. The Morgan fingerprint density at radius 3 is 2.55 bits per heavy atom. The van der Waals surface area contributed by atoms with Crippen molar-refractivity contribution >= 4 is 34.8 Å². The molecule has 2 rings (SSSR count). The van der Waals surface area contributed by atoms with Crippen LogP contribution >= 0.6 is 23.2 Å². The summed E-state index contributed by atoms with van der Waals surface area (Å²) in [6.07, 6.45) is 2.30. The highest BCUT2D eigenvalue weighted by Gasteiger charge is 2.17. The number of aromatic nitrogens is 1. The standard InChI is InChI=1S/C13H6Cl2FN3O/c14-8-3-7(5-17)4-9(15)12(8)13(20)19-11-1-2-18-6-10(11)16/h1-4,6H,(H,18,19,20). The van der Waals surface area contributed by atoms with E-state index in [1.165, 1.54) is 24.4 Å². The monoisotopic (exact) mass is 309 g/mol. The van der Waals surface area contributed by atoms with Crippen molar-refractivity contribution in [2.45, 2.75) is 0 Å². The number of nitrogens with one attached hydrogen (secondary N) is 1.